The quantitative estimate of drug-likeness (QED) is 0.376. The summed E-state index contributed by atoms with van der Waals surface area (Å²) >= 11 is 3.92. The van der Waals surface area contributed by atoms with Crippen molar-refractivity contribution >= 4 is 57.5 Å². The van der Waals surface area contributed by atoms with E-state index in [1.165, 1.54) is 53.1 Å². The summed E-state index contributed by atoms with van der Waals surface area (Å²) in [5, 5.41) is 13.6. The number of halogens is 1. The first-order valence-corrected chi connectivity index (χ1v) is 11.5. The number of aromatic nitrogens is 2. The van der Waals surface area contributed by atoms with Gasteiger partial charge in [0.1, 0.15) is 5.82 Å². The molecule has 1 aromatic heterocycles. The Balaban J connectivity index is 1.38. The average Bonchev–Trinajstić information content (AvgIpc) is 3.14. The maximum Gasteiger partial charge on any atom is 0.236 e. The van der Waals surface area contributed by atoms with Crippen LogP contribution in [0.3, 0.4) is 0 Å². The number of hydrogen-bond acceptors (Lipinski definition) is 7. The highest BCUT2D eigenvalue weighted by Gasteiger charge is 2.11. The zero-order valence-corrected chi connectivity index (χ0v) is 17.6. The fraction of sp³-hybridized carbons (Fsp3) is 0.158. The molecule has 2 aromatic carbocycles. The number of nitrogens with one attached hydrogen (secondary N) is 2. The normalized spacial score (nSPS) is 10.5. The van der Waals surface area contributed by atoms with Crippen LogP contribution in [0, 0.1) is 5.82 Å². The molecule has 29 heavy (non-hydrogen) atoms. The fourth-order valence-corrected chi connectivity index (χ4v) is 4.56. The largest absolute Gasteiger partial charge is 0.325 e. The number of anilines is 2. The summed E-state index contributed by atoms with van der Waals surface area (Å²) in [6.07, 6.45) is 0. The minimum absolute atomic E-state index is 0.103. The first-order chi connectivity index (χ1) is 14.1. The highest BCUT2D eigenvalue weighted by Crippen LogP contribution is 2.26. The van der Waals surface area contributed by atoms with Gasteiger partial charge in [-0.1, -0.05) is 59.5 Å². The Bertz CT molecular complexity index is 969. The van der Waals surface area contributed by atoms with Crippen LogP contribution in [0.4, 0.5) is 15.2 Å². The zero-order valence-electron chi connectivity index (χ0n) is 15.1. The number of hydrogen-bond donors (Lipinski definition) is 2. The smallest absolute Gasteiger partial charge is 0.236 e. The van der Waals surface area contributed by atoms with Crippen molar-refractivity contribution < 1.29 is 14.0 Å². The molecule has 0 saturated heterocycles. The molecule has 0 saturated carbocycles. The van der Waals surface area contributed by atoms with Gasteiger partial charge in [-0.25, -0.2) is 4.39 Å². The minimum atomic E-state index is -0.415. The standard InChI is InChI=1S/C19H17FN4O2S3/c20-14-7-4-8-15(9-14)21-17(26)12-28-19-24-23-18(29-19)22-16(25)11-27-10-13-5-2-1-3-6-13/h1-9H,10-12H2,(H,21,26)(H,22,23,25). The van der Waals surface area contributed by atoms with Gasteiger partial charge in [0.05, 0.1) is 11.5 Å². The number of benzene rings is 2. The molecule has 150 valence electrons. The molecule has 6 nitrogen and oxygen atoms in total. The highest BCUT2D eigenvalue weighted by atomic mass is 32.2. The van der Waals surface area contributed by atoms with Crippen molar-refractivity contribution in [2.45, 2.75) is 10.1 Å². The lowest BCUT2D eigenvalue weighted by atomic mass is 10.2. The maximum absolute atomic E-state index is 13.1. The second-order valence-electron chi connectivity index (χ2n) is 5.75. The van der Waals surface area contributed by atoms with E-state index >= 15 is 0 Å². The van der Waals surface area contributed by atoms with Gasteiger partial charge in [-0.05, 0) is 23.8 Å². The van der Waals surface area contributed by atoms with Crippen LogP contribution in [0.1, 0.15) is 5.56 Å². The number of amides is 2. The summed E-state index contributed by atoms with van der Waals surface area (Å²) in [4.78, 5) is 24.0. The van der Waals surface area contributed by atoms with E-state index in [1.807, 2.05) is 30.3 Å². The molecule has 1 heterocycles. The van der Waals surface area contributed by atoms with Gasteiger partial charge in [-0.3, -0.25) is 14.9 Å². The number of thioether (sulfide) groups is 2. The lowest BCUT2D eigenvalue weighted by molar-refractivity contribution is -0.114. The molecule has 0 unspecified atom stereocenters. The van der Waals surface area contributed by atoms with Crippen LogP contribution in [0.5, 0.6) is 0 Å². The van der Waals surface area contributed by atoms with Gasteiger partial charge in [0, 0.05) is 11.4 Å². The Hall–Kier alpha value is -2.43. The van der Waals surface area contributed by atoms with Gasteiger partial charge in [0.15, 0.2) is 4.34 Å². The maximum atomic E-state index is 13.1. The van der Waals surface area contributed by atoms with Gasteiger partial charge in [0.25, 0.3) is 0 Å². The molecule has 10 heteroatoms. The van der Waals surface area contributed by atoms with Crippen LogP contribution < -0.4 is 10.6 Å². The Kier molecular flexibility index (Phi) is 8.03. The van der Waals surface area contributed by atoms with Gasteiger partial charge < -0.3 is 5.32 Å². The van der Waals surface area contributed by atoms with E-state index in [4.69, 9.17) is 0 Å². The monoisotopic (exact) mass is 448 g/mol. The molecular weight excluding hydrogens is 431 g/mol. The summed E-state index contributed by atoms with van der Waals surface area (Å²) in [5.41, 5.74) is 1.56. The molecule has 0 aliphatic rings. The van der Waals surface area contributed by atoms with Crippen LogP contribution in [-0.4, -0.2) is 33.5 Å². The van der Waals surface area contributed by atoms with Gasteiger partial charge in [-0.2, -0.15) is 0 Å². The van der Waals surface area contributed by atoms with Crippen molar-refractivity contribution in [2.24, 2.45) is 0 Å². The van der Waals surface area contributed by atoms with Crippen molar-refractivity contribution in [1.82, 2.24) is 10.2 Å². The van der Waals surface area contributed by atoms with E-state index in [-0.39, 0.29) is 17.6 Å². The Morgan fingerprint density at radius 1 is 0.966 bits per heavy atom. The lowest BCUT2D eigenvalue weighted by Gasteiger charge is -2.03. The molecule has 0 spiro atoms. The Labute approximate surface area is 179 Å². The summed E-state index contributed by atoms with van der Waals surface area (Å²) in [6, 6.07) is 15.6. The molecule has 0 aliphatic carbocycles. The molecule has 0 radical (unpaired) electrons. The Morgan fingerprint density at radius 2 is 1.76 bits per heavy atom. The van der Waals surface area contributed by atoms with Crippen LogP contribution in [0.15, 0.2) is 58.9 Å². The lowest BCUT2D eigenvalue weighted by Crippen LogP contribution is -2.14. The second-order valence-corrected chi connectivity index (χ2v) is 8.93. The summed E-state index contributed by atoms with van der Waals surface area (Å²) in [6.45, 7) is 0. The first-order valence-electron chi connectivity index (χ1n) is 8.52. The number of rotatable bonds is 9. The molecule has 3 aromatic rings. The van der Waals surface area contributed by atoms with Crippen LogP contribution in [0.2, 0.25) is 0 Å². The number of nitrogens with zero attached hydrogens (tertiary/aromatic N) is 2. The van der Waals surface area contributed by atoms with E-state index in [1.54, 1.807) is 6.07 Å². The van der Waals surface area contributed by atoms with Crippen molar-refractivity contribution in [3.63, 3.8) is 0 Å². The van der Waals surface area contributed by atoms with Crippen LogP contribution in [0.25, 0.3) is 0 Å². The van der Waals surface area contributed by atoms with E-state index in [0.29, 0.717) is 20.9 Å². The first kappa shape index (κ1) is 21.3. The van der Waals surface area contributed by atoms with E-state index in [2.05, 4.69) is 20.8 Å². The van der Waals surface area contributed by atoms with Crippen LogP contribution >= 0.6 is 34.9 Å². The zero-order chi connectivity index (χ0) is 20.5. The second kappa shape index (κ2) is 10.9. The van der Waals surface area contributed by atoms with Crippen molar-refractivity contribution in [3.8, 4) is 0 Å². The summed E-state index contributed by atoms with van der Waals surface area (Å²) in [5.74, 6) is 0.327. The van der Waals surface area contributed by atoms with Crippen molar-refractivity contribution in [1.29, 1.82) is 0 Å². The molecule has 2 amide bonds. The van der Waals surface area contributed by atoms with Gasteiger partial charge >= 0.3 is 0 Å². The van der Waals surface area contributed by atoms with E-state index < -0.39 is 5.82 Å². The van der Waals surface area contributed by atoms with Crippen LogP contribution in [-0.2, 0) is 15.3 Å². The molecule has 0 atom stereocenters. The fourth-order valence-electron chi connectivity index (χ4n) is 2.20. The molecule has 3 rings (SSSR count). The molecule has 0 aliphatic heterocycles. The predicted molar refractivity (Wildman–Crippen MR) is 117 cm³/mol. The van der Waals surface area contributed by atoms with Gasteiger partial charge in [0.2, 0.25) is 16.9 Å². The summed E-state index contributed by atoms with van der Waals surface area (Å²) in [7, 11) is 0. The molecule has 0 bridgehead atoms. The third-order valence-corrected chi connectivity index (χ3v) is 6.41. The SMILES string of the molecule is O=C(CSc1nnc(NC(=O)CSCc2ccccc2)s1)Nc1cccc(F)c1. The van der Waals surface area contributed by atoms with E-state index in [0.717, 1.165) is 11.3 Å². The topological polar surface area (TPSA) is 84.0 Å². The highest BCUT2D eigenvalue weighted by molar-refractivity contribution is 8.01. The number of carbonyl (C=O) groups excluding carboxylic acids is 2. The summed E-state index contributed by atoms with van der Waals surface area (Å²) < 4.78 is 13.7. The minimum Gasteiger partial charge on any atom is -0.325 e. The van der Waals surface area contributed by atoms with Crippen molar-refractivity contribution in [3.05, 3.63) is 66.0 Å². The predicted octanol–water partition coefficient (Wildman–Crippen LogP) is 4.28. The van der Waals surface area contributed by atoms with E-state index in [9.17, 15) is 14.0 Å². The van der Waals surface area contributed by atoms with Crippen molar-refractivity contribution in [2.75, 3.05) is 22.1 Å². The average molecular weight is 449 g/mol. The third kappa shape index (κ3) is 7.48. The van der Waals surface area contributed by atoms with Gasteiger partial charge in [-0.15, -0.1) is 22.0 Å². The molecule has 2 N–H and O–H groups in total. The Morgan fingerprint density at radius 3 is 2.55 bits per heavy atom. The number of carbonyl (C=O) groups is 2. The third-order valence-electron chi connectivity index (χ3n) is 3.43. The molecular formula is C19H17FN4O2S3. The molecule has 0 fully saturated rings.